The average molecular weight is 479 g/mol. The van der Waals surface area contributed by atoms with Crippen molar-refractivity contribution in [3.63, 3.8) is 0 Å². The molecule has 0 aromatic heterocycles. The minimum absolute atomic E-state index is 0.142. The highest BCUT2D eigenvalue weighted by Gasteiger charge is 2.14. The molecule has 0 heterocycles. The van der Waals surface area contributed by atoms with E-state index in [1.54, 1.807) is 48.5 Å². The molecule has 0 saturated carbocycles. The molecule has 0 spiro atoms. The molecule has 0 bridgehead atoms. The molecule has 0 fully saturated rings. The van der Waals surface area contributed by atoms with Gasteiger partial charge < -0.3 is 15.4 Å². The van der Waals surface area contributed by atoms with Gasteiger partial charge in [-0.15, -0.1) is 0 Å². The van der Waals surface area contributed by atoms with Crippen molar-refractivity contribution in [2.45, 2.75) is 13.8 Å². The van der Waals surface area contributed by atoms with Crippen LogP contribution in [0, 0.1) is 13.8 Å². The first-order valence-corrected chi connectivity index (χ1v) is 10.7. The number of carbonyl (C=O) groups excluding carboxylic acids is 3. The van der Waals surface area contributed by atoms with Crippen molar-refractivity contribution in [3.05, 3.63) is 88.4 Å². The van der Waals surface area contributed by atoms with Gasteiger partial charge in [-0.05, 0) is 67.4 Å². The number of anilines is 2. The van der Waals surface area contributed by atoms with Crippen LogP contribution < -0.4 is 20.8 Å². The van der Waals surface area contributed by atoms with Gasteiger partial charge in [-0.2, -0.15) is 5.10 Å². The Bertz CT molecular complexity index is 1230. The van der Waals surface area contributed by atoms with Crippen LogP contribution in [0.5, 0.6) is 5.75 Å². The molecule has 174 valence electrons. The van der Waals surface area contributed by atoms with E-state index >= 15 is 0 Å². The highest BCUT2D eigenvalue weighted by molar-refractivity contribution is 6.41. The molecule has 3 rings (SSSR count). The normalized spacial score (nSPS) is 10.6. The summed E-state index contributed by atoms with van der Waals surface area (Å²) < 4.78 is 5.51. The lowest BCUT2D eigenvalue weighted by Gasteiger charge is -2.10. The first kappa shape index (κ1) is 24.5. The Morgan fingerprint density at radius 3 is 2.35 bits per heavy atom. The maximum absolute atomic E-state index is 12.1. The van der Waals surface area contributed by atoms with Gasteiger partial charge in [0, 0.05) is 5.69 Å². The summed E-state index contributed by atoms with van der Waals surface area (Å²) in [5.41, 5.74) is 5.97. The zero-order valence-corrected chi connectivity index (χ0v) is 19.3. The molecule has 3 aromatic rings. The molecular weight excluding hydrogens is 456 g/mol. The maximum atomic E-state index is 12.1. The summed E-state index contributed by atoms with van der Waals surface area (Å²) in [7, 11) is 0. The van der Waals surface area contributed by atoms with Crippen LogP contribution in [-0.4, -0.2) is 30.5 Å². The van der Waals surface area contributed by atoms with Crippen molar-refractivity contribution in [2.24, 2.45) is 5.10 Å². The fraction of sp³-hybridized carbons (Fsp3) is 0.120. The maximum Gasteiger partial charge on any atom is 0.329 e. The SMILES string of the molecule is Cc1ccc(NC(=O)COc2ccc(/C=N\NC(=O)C(=O)Nc3ccccc3Cl)cc2)c(C)c1. The van der Waals surface area contributed by atoms with Gasteiger partial charge in [0.05, 0.1) is 16.9 Å². The quantitative estimate of drug-likeness (QED) is 0.270. The molecular formula is C25H23ClN4O4. The minimum Gasteiger partial charge on any atom is -0.484 e. The van der Waals surface area contributed by atoms with Crippen molar-refractivity contribution < 1.29 is 19.1 Å². The molecule has 34 heavy (non-hydrogen) atoms. The number of benzene rings is 3. The first-order valence-electron chi connectivity index (χ1n) is 10.3. The number of rotatable bonds is 7. The van der Waals surface area contributed by atoms with E-state index in [4.69, 9.17) is 16.3 Å². The summed E-state index contributed by atoms with van der Waals surface area (Å²) in [6.45, 7) is 3.78. The van der Waals surface area contributed by atoms with Crippen molar-refractivity contribution in [2.75, 3.05) is 17.2 Å². The number of nitrogens with one attached hydrogen (secondary N) is 3. The number of ether oxygens (including phenoxy) is 1. The van der Waals surface area contributed by atoms with Crippen molar-refractivity contribution in [1.29, 1.82) is 0 Å². The Balaban J connectivity index is 1.44. The fourth-order valence-electron chi connectivity index (χ4n) is 2.90. The Morgan fingerprint density at radius 1 is 0.912 bits per heavy atom. The third kappa shape index (κ3) is 7.18. The lowest BCUT2D eigenvalue weighted by Crippen LogP contribution is -2.32. The monoisotopic (exact) mass is 478 g/mol. The van der Waals surface area contributed by atoms with Crippen LogP contribution in [0.3, 0.4) is 0 Å². The van der Waals surface area contributed by atoms with Crippen LogP contribution in [0.1, 0.15) is 16.7 Å². The van der Waals surface area contributed by atoms with Crippen LogP contribution in [0.25, 0.3) is 0 Å². The topological polar surface area (TPSA) is 109 Å². The van der Waals surface area contributed by atoms with Crippen LogP contribution in [-0.2, 0) is 14.4 Å². The van der Waals surface area contributed by atoms with E-state index < -0.39 is 11.8 Å². The van der Waals surface area contributed by atoms with Crippen LogP contribution >= 0.6 is 11.6 Å². The summed E-state index contributed by atoms with van der Waals surface area (Å²) in [6, 6.07) is 19.1. The Hall–Kier alpha value is -4.17. The molecule has 3 amide bonds. The lowest BCUT2D eigenvalue weighted by molar-refractivity contribution is -0.136. The summed E-state index contributed by atoms with van der Waals surface area (Å²) >= 11 is 5.95. The summed E-state index contributed by atoms with van der Waals surface area (Å²) in [4.78, 5) is 36.0. The first-order chi connectivity index (χ1) is 16.3. The number of hydrogen-bond donors (Lipinski definition) is 3. The van der Waals surface area contributed by atoms with E-state index in [2.05, 4.69) is 21.2 Å². The number of hydrogen-bond acceptors (Lipinski definition) is 5. The van der Waals surface area contributed by atoms with E-state index in [1.165, 1.54) is 6.21 Å². The van der Waals surface area contributed by atoms with Crippen LogP contribution in [0.2, 0.25) is 5.02 Å². The summed E-state index contributed by atoms with van der Waals surface area (Å²) in [6.07, 6.45) is 1.37. The van der Waals surface area contributed by atoms with Gasteiger partial charge >= 0.3 is 11.8 Å². The second kappa shape index (κ2) is 11.6. The second-order valence-corrected chi connectivity index (χ2v) is 7.76. The molecule has 0 aliphatic rings. The zero-order valence-electron chi connectivity index (χ0n) is 18.6. The number of hydrazone groups is 1. The van der Waals surface area contributed by atoms with Gasteiger partial charge in [0.15, 0.2) is 6.61 Å². The molecule has 9 heteroatoms. The van der Waals surface area contributed by atoms with Gasteiger partial charge in [-0.1, -0.05) is 41.4 Å². The predicted molar refractivity (Wildman–Crippen MR) is 132 cm³/mol. The number of para-hydroxylation sites is 1. The highest BCUT2D eigenvalue weighted by Crippen LogP contribution is 2.20. The fourth-order valence-corrected chi connectivity index (χ4v) is 3.08. The van der Waals surface area contributed by atoms with Gasteiger partial charge in [0.1, 0.15) is 5.75 Å². The van der Waals surface area contributed by atoms with E-state index in [1.807, 2.05) is 32.0 Å². The third-order valence-electron chi connectivity index (χ3n) is 4.61. The van der Waals surface area contributed by atoms with Crippen molar-refractivity contribution in [3.8, 4) is 5.75 Å². The van der Waals surface area contributed by atoms with Gasteiger partial charge in [-0.3, -0.25) is 14.4 Å². The molecule has 0 unspecified atom stereocenters. The smallest absolute Gasteiger partial charge is 0.329 e. The van der Waals surface area contributed by atoms with Crippen molar-refractivity contribution in [1.82, 2.24) is 5.43 Å². The van der Waals surface area contributed by atoms with Gasteiger partial charge in [0.2, 0.25) is 0 Å². The Labute approximate surface area is 202 Å². The largest absolute Gasteiger partial charge is 0.484 e. The molecule has 3 aromatic carbocycles. The van der Waals surface area contributed by atoms with E-state index in [9.17, 15) is 14.4 Å². The summed E-state index contributed by atoms with van der Waals surface area (Å²) in [5, 5.41) is 9.31. The minimum atomic E-state index is -0.939. The van der Waals surface area contributed by atoms with E-state index in [0.717, 1.165) is 16.8 Å². The average Bonchev–Trinajstić information content (AvgIpc) is 2.81. The summed E-state index contributed by atoms with van der Waals surface area (Å²) in [5.74, 6) is -1.61. The number of halogens is 1. The van der Waals surface area contributed by atoms with E-state index in [0.29, 0.717) is 22.0 Å². The predicted octanol–water partition coefficient (Wildman–Crippen LogP) is 4.06. The number of amides is 3. The number of aryl methyl sites for hydroxylation is 2. The molecule has 0 radical (unpaired) electrons. The Morgan fingerprint density at radius 2 is 1.65 bits per heavy atom. The van der Waals surface area contributed by atoms with Crippen LogP contribution in [0.15, 0.2) is 71.8 Å². The van der Waals surface area contributed by atoms with Crippen LogP contribution in [0.4, 0.5) is 11.4 Å². The Kier molecular flexibility index (Phi) is 8.37. The van der Waals surface area contributed by atoms with E-state index in [-0.39, 0.29) is 12.5 Å². The highest BCUT2D eigenvalue weighted by atomic mass is 35.5. The number of nitrogens with zero attached hydrogens (tertiary/aromatic N) is 1. The lowest BCUT2D eigenvalue weighted by atomic mass is 10.1. The molecule has 0 saturated heterocycles. The van der Waals surface area contributed by atoms with Gasteiger partial charge in [-0.25, -0.2) is 5.43 Å². The standard InChI is InChI=1S/C25H23ClN4O4/c1-16-7-12-21(17(2)13-16)28-23(31)15-34-19-10-8-18(9-11-19)14-27-30-25(33)24(32)29-22-6-4-3-5-20(22)26/h3-14H,15H2,1-2H3,(H,28,31)(H,29,32)(H,30,33)/b27-14-. The van der Waals surface area contributed by atoms with Gasteiger partial charge in [0.25, 0.3) is 5.91 Å². The molecule has 0 aliphatic carbocycles. The molecule has 8 nitrogen and oxygen atoms in total. The van der Waals surface area contributed by atoms with Crippen molar-refractivity contribution >= 4 is 46.9 Å². The number of carbonyl (C=O) groups is 3. The molecule has 3 N–H and O–H groups in total. The molecule has 0 aliphatic heterocycles. The molecule has 0 atom stereocenters. The second-order valence-electron chi connectivity index (χ2n) is 7.36. The third-order valence-corrected chi connectivity index (χ3v) is 4.94. The zero-order chi connectivity index (χ0) is 24.5.